The van der Waals surface area contributed by atoms with E-state index in [2.05, 4.69) is 0 Å². The SMILES string of the molecule is COc1cc2c(cc1OC)N(CCCS(=O)(=O)O)C(=CC(C)=c1s/c(=C3/SC(=S)N(CC(=O)O)C3=O)n(CC(=O)O)c1=O)O2. The number of hydrogen-bond donors (Lipinski definition) is 3. The van der Waals surface area contributed by atoms with Gasteiger partial charge in [0.05, 0.1) is 30.2 Å². The molecule has 0 unspecified atom stereocenters. The first-order valence-corrected chi connectivity index (χ1v) is 16.1. The molecule has 1 aromatic carbocycles. The quantitative estimate of drug-likeness (QED) is 0.214. The highest BCUT2D eigenvalue weighted by atomic mass is 32.2. The Morgan fingerprint density at radius 2 is 1.70 bits per heavy atom. The molecule has 0 atom stereocenters. The number of aromatic nitrogens is 1. The Balaban J connectivity index is 1.88. The van der Waals surface area contributed by atoms with Crippen LogP contribution in [0, 0.1) is 0 Å². The van der Waals surface area contributed by atoms with E-state index in [0.29, 0.717) is 28.5 Å². The summed E-state index contributed by atoms with van der Waals surface area (Å²) in [5.74, 6) is -2.72. The number of amides is 1. The van der Waals surface area contributed by atoms with Crippen LogP contribution in [0.2, 0.25) is 0 Å². The number of aliphatic carboxylic acids is 2. The van der Waals surface area contributed by atoms with E-state index >= 15 is 0 Å². The van der Waals surface area contributed by atoms with Crippen molar-refractivity contribution in [2.24, 2.45) is 0 Å². The second kappa shape index (κ2) is 13.0. The van der Waals surface area contributed by atoms with Crippen molar-refractivity contribution in [3.8, 4) is 17.2 Å². The van der Waals surface area contributed by atoms with Crippen molar-refractivity contribution in [3.63, 3.8) is 0 Å². The van der Waals surface area contributed by atoms with E-state index in [4.69, 9.17) is 31.5 Å². The number of thiocarbonyl (C=S) groups is 1. The van der Waals surface area contributed by atoms with Gasteiger partial charge in [0, 0.05) is 24.8 Å². The van der Waals surface area contributed by atoms with Gasteiger partial charge in [-0.2, -0.15) is 8.42 Å². The van der Waals surface area contributed by atoms with Gasteiger partial charge in [-0.25, -0.2) is 0 Å². The van der Waals surface area contributed by atoms with Gasteiger partial charge < -0.3 is 29.3 Å². The molecule has 1 amide bonds. The Kier molecular flexibility index (Phi) is 9.74. The number of thioether (sulfide) groups is 1. The zero-order valence-corrected chi connectivity index (χ0v) is 26.5. The van der Waals surface area contributed by atoms with Gasteiger partial charge in [0.1, 0.15) is 27.0 Å². The lowest BCUT2D eigenvalue weighted by Crippen LogP contribution is -2.37. The number of rotatable bonds is 11. The lowest BCUT2D eigenvalue weighted by molar-refractivity contribution is -0.140. The highest BCUT2D eigenvalue weighted by molar-refractivity contribution is 8.30. The van der Waals surface area contributed by atoms with Crippen LogP contribution in [0.1, 0.15) is 13.3 Å². The van der Waals surface area contributed by atoms with Gasteiger partial charge in [0.2, 0.25) is 5.88 Å². The van der Waals surface area contributed by atoms with E-state index in [1.165, 1.54) is 20.3 Å². The first kappa shape index (κ1) is 33.0. The van der Waals surface area contributed by atoms with E-state index in [-0.39, 0.29) is 37.3 Å². The molecule has 236 valence electrons. The molecule has 3 heterocycles. The topological polar surface area (TPSA) is 202 Å². The van der Waals surface area contributed by atoms with Crippen molar-refractivity contribution in [2.45, 2.75) is 19.9 Å². The van der Waals surface area contributed by atoms with E-state index < -0.39 is 52.4 Å². The first-order chi connectivity index (χ1) is 20.6. The van der Waals surface area contributed by atoms with Gasteiger partial charge in [-0.05, 0) is 18.9 Å². The van der Waals surface area contributed by atoms with Crippen molar-refractivity contribution in [1.82, 2.24) is 9.47 Å². The van der Waals surface area contributed by atoms with Gasteiger partial charge in [-0.1, -0.05) is 24.0 Å². The number of anilines is 1. The molecule has 1 saturated heterocycles. The zero-order valence-electron chi connectivity index (χ0n) is 23.3. The molecule has 2 aromatic rings. The molecule has 0 aliphatic carbocycles. The Morgan fingerprint density at radius 1 is 1.07 bits per heavy atom. The summed E-state index contributed by atoms with van der Waals surface area (Å²) in [7, 11) is -1.37. The van der Waals surface area contributed by atoms with Crippen LogP contribution in [0.25, 0.3) is 10.5 Å². The second-order valence-electron chi connectivity index (χ2n) is 9.24. The molecule has 0 saturated carbocycles. The number of ether oxygens (including phenoxy) is 3. The Morgan fingerprint density at radius 3 is 2.30 bits per heavy atom. The molecular weight excluding hydrogens is 663 g/mol. The summed E-state index contributed by atoms with van der Waals surface area (Å²) >= 11 is 6.74. The van der Waals surface area contributed by atoms with E-state index in [1.807, 2.05) is 0 Å². The lowest BCUT2D eigenvalue weighted by Gasteiger charge is -2.18. The molecule has 19 heteroatoms. The Hall–Kier alpha value is -3.91. The Bertz CT molecular complexity index is 1890. The van der Waals surface area contributed by atoms with Crippen LogP contribution >= 0.6 is 35.3 Å². The molecule has 2 aliphatic heterocycles. The summed E-state index contributed by atoms with van der Waals surface area (Å²) in [6.45, 7) is 0.156. The fourth-order valence-corrected chi connectivity index (χ4v) is 7.35. The van der Waals surface area contributed by atoms with E-state index in [9.17, 15) is 37.3 Å². The number of carbonyl (C=O) groups is 3. The number of carboxylic acid groups (broad SMARTS) is 2. The monoisotopic (exact) mass is 687 g/mol. The van der Waals surface area contributed by atoms with Gasteiger partial charge in [-0.3, -0.25) is 33.2 Å². The number of fused-ring (bicyclic) bond motifs is 1. The van der Waals surface area contributed by atoms with Crippen LogP contribution in [-0.2, 0) is 31.0 Å². The largest absolute Gasteiger partial charge is 0.493 e. The van der Waals surface area contributed by atoms with Crippen LogP contribution in [0.5, 0.6) is 17.2 Å². The number of methoxy groups -OCH3 is 2. The first-order valence-electron chi connectivity index (χ1n) is 12.5. The fraction of sp³-hybridized carbons (Fsp3) is 0.320. The highest BCUT2D eigenvalue weighted by Gasteiger charge is 2.36. The third kappa shape index (κ3) is 6.91. The number of allylic oxidation sites excluding steroid dienone is 1. The van der Waals surface area contributed by atoms with Gasteiger partial charge >= 0.3 is 11.9 Å². The molecule has 1 aromatic heterocycles. The third-order valence-electron chi connectivity index (χ3n) is 6.23. The minimum atomic E-state index is -4.25. The number of hydrogen-bond acceptors (Lipinski definition) is 13. The van der Waals surface area contributed by atoms with Crippen molar-refractivity contribution >= 4 is 83.8 Å². The number of benzene rings is 1. The molecule has 2 aliphatic rings. The van der Waals surface area contributed by atoms with Crippen LogP contribution in [0.3, 0.4) is 0 Å². The molecule has 3 N–H and O–H groups in total. The van der Waals surface area contributed by atoms with Gasteiger partial charge in [-0.15, -0.1) is 11.3 Å². The summed E-state index contributed by atoms with van der Waals surface area (Å²) < 4.78 is 49.6. The molecule has 4 rings (SSSR count). The van der Waals surface area contributed by atoms with Gasteiger partial charge in [0.15, 0.2) is 17.2 Å². The molecule has 44 heavy (non-hydrogen) atoms. The summed E-state index contributed by atoms with van der Waals surface area (Å²) in [5.41, 5.74) is 0.0812. The molecular formula is C25H25N3O12S4. The lowest BCUT2D eigenvalue weighted by atomic mass is 10.2. The minimum absolute atomic E-state index is 0.00530. The van der Waals surface area contributed by atoms with Crippen LogP contribution in [-0.4, -0.2) is 87.9 Å². The van der Waals surface area contributed by atoms with Crippen molar-refractivity contribution in [3.05, 3.63) is 43.6 Å². The van der Waals surface area contributed by atoms with Crippen LogP contribution in [0.15, 0.2) is 28.9 Å². The zero-order chi connectivity index (χ0) is 32.5. The van der Waals surface area contributed by atoms with Gasteiger partial charge in [0.25, 0.3) is 21.6 Å². The average molecular weight is 688 g/mol. The Labute approximate surface area is 263 Å². The predicted molar refractivity (Wildman–Crippen MR) is 164 cm³/mol. The number of nitrogens with zero attached hydrogens (tertiary/aromatic N) is 3. The summed E-state index contributed by atoms with van der Waals surface area (Å²) in [5, 5.41) is 18.6. The average Bonchev–Trinajstić information content (AvgIpc) is 3.53. The van der Waals surface area contributed by atoms with Crippen LogP contribution < -0.4 is 33.9 Å². The maximum absolute atomic E-state index is 13.5. The number of carboxylic acids is 2. The predicted octanol–water partition coefficient (Wildman–Crippen LogP) is 0.254. The second-order valence-corrected chi connectivity index (χ2v) is 13.5. The minimum Gasteiger partial charge on any atom is -0.493 e. The number of carbonyl (C=O) groups excluding carboxylic acids is 1. The molecule has 1 fully saturated rings. The maximum atomic E-state index is 13.5. The third-order valence-corrected chi connectivity index (χ3v) is 9.92. The molecule has 0 radical (unpaired) electrons. The molecule has 15 nitrogen and oxygen atoms in total. The number of thiazole rings is 1. The maximum Gasteiger partial charge on any atom is 0.323 e. The fourth-order valence-electron chi connectivity index (χ4n) is 4.33. The van der Waals surface area contributed by atoms with Crippen molar-refractivity contribution in [2.75, 3.05) is 38.0 Å². The van der Waals surface area contributed by atoms with Crippen molar-refractivity contribution < 1.29 is 51.8 Å². The van der Waals surface area contributed by atoms with Crippen LogP contribution in [0.4, 0.5) is 5.69 Å². The van der Waals surface area contributed by atoms with E-state index in [1.54, 1.807) is 24.0 Å². The summed E-state index contributed by atoms with van der Waals surface area (Å²) in [4.78, 5) is 51.8. The normalized spacial score (nSPS) is 17.6. The van der Waals surface area contributed by atoms with Crippen molar-refractivity contribution in [1.29, 1.82) is 0 Å². The molecule has 0 spiro atoms. The highest BCUT2D eigenvalue weighted by Crippen LogP contribution is 2.46. The van der Waals surface area contributed by atoms with E-state index in [0.717, 1.165) is 32.6 Å². The summed E-state index contributed by atoms with van der Waals surface area (Å²) in [6.07, 6.45) is 1.50. The smallest absolute Gasteiger partial charge is 0.323 e. The standard InChI is InChI=1S/C25H25N3O12S4/c1-12(7-17-26(5-4-6-44(35,36)37)13-8-15(38-2)16(39-3)9-14(13)40-17)20-22(33)27(10-18(29)30)24(42-20)21-23(34)28(11-19(31)32)25(41)43-21/h7-9H,4-6,10-11H2,1-3H3,(H,29,30)(H,31,32)(H,35,36,37)/b17-7?,20-12?,24-21+. The summed E-state index contributed by atoms with van der Waals surface area (Å²) in [6, 6.07) is 3.18. The molecule has 0 bridgehead atoms.